The van der Waals surface area contributed by atoms with Crippen LogP contribution in [0.15, 0.2) is 12.1 Å². The molecule has 1 saturated carbocycles. The van der Waals surface area contributed by atoms with Crippen molar-refractivity contribution >= 4 is 22.9 Å². The molecule has 2 unspecified atom stereocenters. The van der Waals surface area contributed by atoms with E-state index in [-0.39, 0.29) is 6.04 Å². The van der Waals surface area contributed by atoms with Crippen LogP contribution in [-0.2, 0) is 6.42 Å². The zero-order valence-electron chi connectivity index (χ0n) is 8.51. The van der Waals surface area contributed by atoms with E-state index in [4.69, 9.17) is 17.3 Å². The molecule has 4 heteroatoms. The summed E-state index contributed by atoms with van der Waals surface area (Å²) in [7, 11) is 0. The first kappa shape index (κ1) is 11.4. The minimum Gasteiger partial charge on any atom is -0.328 e. The summed E-state index contributed by atoms with van der Waals surface area (Å²) in [5.74, 6) is 0. The Kier molecular flexibility index (Phi) is 3.33. The van der Waals surface area contributed by atoms with Crippen LogP contribution < -0.4 is 5.73 Å². The molecule has 15 heavy (non-hydrogen) atoms. The number of halogens is 2. The molecule has 2 atom stereocenters. The summed E-state index contributed by atoms with van der Waals surface area (Å²) in [6.45, 7) is 0. The third kappa shape index (κ3) is 2.92. The summed E-state index contributed by atoms with van der Waals surface area (Å²) in [6.07, 6.45) is 3.45. The standard InChI is InChI=1S/C11H15ClFNS/c12-10-4-3-9(15-10)7-11(13)5-1-2-8(14)6-11/h3-4,8H,1-2,5-7,14H2. The maximum Gasteiger partial charge on any atom is 0.117 e. The zero-order chi connectivity index (χ0) is 10.9. The summed E-state index contributed by atoms with van der Waals surface area (Å²) in [5, 5.41) is 0. The van der Waals surface area contributed by atoms with E-state index in [0.29, 0.717) is 19.3 Å². The van der Waals surface area contributed by atoms with Crippen LogP contribution in [0.1, 0.15) is 30.6 Å². The fourth-order valence-electron chi connectivity index (χ4n) is 2.27. The molecule has 1 fully saturated rings. The highest BCUT2D eigenvalue weighted by Crippen LogP contribution is 2.36. The molecule has 0 aliphatic heterocycles. The van der Waals surface area contributed by atoms with E-state index < -0.39 is 5.67 Å². The normalized spacial score (nSPS) is 31.8. The van der Waals surface area contributed by atoms with Crippen molar-refractivity contribution in [3.8, 4) is 0 Å². The monoisotopic (exact) mass is 247 g/mol. The molecule has 0 bridgehead atoms. The van der Waals surface area contributed by atoms with Crippen LogP contribution in [0.25, 0.3) is 0 Å². The first-order valence-electron chi connectivity index (χ1n) is 5.26. The van der Waals surface area contributed by atoms with Crippen molar-refractivity contribution < 1.29 is 4.39 Å². The van der Waals surface area contributed by atoms with Crippen molar-refractivity contribution in [2.45, 2.75) is 43.8 Å². The molecular formula is C11H15ClFNS. The largest absolute Gasteiger partial charge is 0.328 e. The number of hydrogen-bond donors (Lipinski definition) is 1. The van der Waals surface area contributed by atoms with Gasteiger partial charge in [-0.3, -0.25) is 0 Å². The van der Waals surface area contributed by atoms with Gasteiger partial charge in [0.05, 0.1) is 4.34 Å². The van der Waals surface area contributed by atoms with Crippen molar-refractivity contribution in [1.82, 2.24) is 0 Å². The van der Waals surface area contributed by atoms with Gasteiger partial charge in [-0.05, 0) is 37.8 Å². The minimum absolute atomic E-state index is 0.0270. The third-order valence-electron chi connectivity index (χ3n) is 2.95. The van der Waals surface area contributed by atoms with Crippen LogP contribution in [-0.4, -0.2) is 11.7 Å². The lowest BCUT2D eigenvalue weighted by molar-refractivity contribution is 0.0974. The van der Waals surface area contributed by atoms with Gasteiger partial charge in [0.15, 0.2) is 0 Å². The lowest BCUT2D eigenvalue weighted by atomic mass is 9.81. The molecular weight excluding hydrogens is 233 g/mol. The van der Waals surface area contributed by atoms with Gasteiger partial charge < -0.3 is 5.73 Å². The number of alkyl halides is 1. The Balaban J connectivity index is 2.03. The molecule has 0 spiro atoms. The van der Waals surface area contributed by atoms with Crippen molar-refractivity contribution in [3.05, 3.63) is 21.3 Å². The van der Waals surface area contributed by atoms with Crippen LogP contribution >= 0.6 is 22.9 Å². The summed E-state index contributed by atoms with van der Waals surface area (Å²) in [5.41, 5.74) is 4.70. The molecule has 2 N–H and O–H groups in total. The molecule has 0 saturated heterocycles. The Morgan fingerprint density at radius 2 is 2.40 bits per heavy atom. The fourth-order valence-corrected chi connectivity index (χ4v) is 3.49. The van der Waals surface area contributed by atoms with Crippen LogP contribution in [0.5, 0.6) is 0 Å². The van der Waals surface area contributed by atoms with E-state index in [0.717, 1.165) is 22.1 Å². The van der Waals surface area contributed by atoms with Gasteiger partial charge in [0, 0.05) is 17.3 Å². The van der Waals surface area contributed by atoms with Crippen LogP contribution in [0.4, 0.5) is 4.39 Å². The topological polar surface area (TPSA) is 26.0 Å². The lowest BCUT2D eigenvalue weighted by Gasteiger charge is -2.32. The van der Waals surface area contributed by atoms with Crippen LogP contribution in [0.3, 0.4) is 0 Å². The molecule has 1 aromatic heterocycles. The van der Waals surface area contributed by atoms with Crippen molar-refractivity contribution in [3.63, 3.8) is 0 Å². The molecule has 84 valence electrons. The van der Waals surface area contributed by atoms with E-state index in [1.54, 1.807) is 0 Å². The molecule has 1 heterocycles. The molecule has 0 aromatic carbocycles. The Morgan fingerprint density at radius 3 is 3.00 bits per heavy atom. The van der Waals surface area contributed by atoms with Crippen molar-refractivity contribution in [2.75, 3.05) is 0 Å². The minimum atomic E-state index is -1.11. The smallest absolute Gasteiger partial charge is 0.117 e. The predicted octanol–water partition coefficient (Wildman–Crippen LogP) is 3.55. The zero-order valence-corrected chi connectivity index (χ0v) is 10.1. The SMILES string of the molecule is NC1CCCC(F)(Cc2ccc(Cl)s2)C1. The fraction of sp³-hybridized carbons (Fsp3) is 0.636. The number of nitrogens with two attached hydrogens (primary N) is 1. The van der Waals surface area contributed by atoms with E-state index in [9.17, 15) is 4.39 Å². The number of hydrogen-bond acceptors (Lipinski definition) is 2. The molecule has 1 aromatic rings. The van der Waals surface area contributed by atoms with Crippen LogP contribution in [0, 0.1) is 0 Å². The molecule has 0 radical (unpaired) electrons. The second kappa shape index (κ2) is 4.40. The van der Waals surface area contributed by atoms with Gasteiger partial charge in [0.1, 0.15) is 5.67 Å². The highest BCUT2D eigenvalue weighted by Gasteiger charge is 2.35. The molecule has 0 amide bonds. The van der Waals surface area contributed by atoms with Gasteiger partial charge in [-0.2, -0.15) is 0 Å². The van der Waals surface area contributed by atoms with Gasteiger partial charge in [0.25, 0.3) is 0 Å². The van der Waals surface area contributed by atoms with E-state index in [1.807, 2.05) is 12.1 Å². The summed E-state index contributed by atoms with van der Waals surface area (Å²) in [6, 6.07) is 3.77. The maximum atomic E-state index is 14.4. The van der Waals surface area contributed by atoms with Gasteiger partial charge >= 0.3 is 0 Å². The number of rotatable bonds is 2. The third-order valence-corrected chi connectivity index (χ3v) is 4.18. The summed E-state index contributed by atoms with van der Waals surface area (Å²) < 4.78 is 15.1. The van der Waals surface area contributed by atoms with Crippen molar-refractivity contribution in [2.24, 2.45) is 5.73 Å². The van der Waals surface area contributed by atoms with E-state index in [2.05, 4.69) is 0 Å². The number of thiophene rings is 1. The quantitative estimate of drug-likeness (QED) is 0.850. The van der Waals surface area contributed by atoms with Gasteiger partial charge in [-0.25, -0.2) is 4.39 Å². The van der Waals surface area contributed by atoms with Gasteiger partial charge in [-0.15, -0.1) is 11.3 Å². The first-order chi connectivity index (χ1) is 7.07. The van der Waals surface area contributed by atoms with E-state index in [1.165, 1.54) is 11.3 Å². The first-order valence-corrected chi connectivity index (χ1v) is 6.46. The average Bonchev–Trinajstić information content (AvgIpc) is 2.49. The second-order valence-electron chi connectivity index (χ2n) is 4.39. The van der Waals surface area contributed by atoms with Gasteiger partial charge in [-0.1, -0.05) is 11.6 Å². The Hall–Kier alpha value is -0.120. The Labute approximate surface area is 98.4 Å². The highest BCUT2D eigenvalue weighted by molar-refractivity contribution is 7.16. The van der Waals surface area contributed by atoms with Crippen molar-refractivity contribution in [1.29, 1.82) is 0 Å². The van der Waals surface area contributed by atoms with Crippen LogP contribution in [0.2, 0.25) is 4.34 Å². The molecule has 1 aliphatic carbocycles. The predicted molar refractivity (Wildman–Crippen MR) is 63.3 cm³/mol. The summed E-state index contributed by atoms with van der Waals surface area (Å²) in [4.78, 5) is 1.02. The summed E-state index contributed by atoms with van der Waals surface area (Å²) >= 11 is 7.29. The lowest BCUT2D eigenvalue weighted by Crippen LogP contribution is -2.39. The Bertz CT molecular complexity index is 341. The molecule has 2 rings (SSSR count). The average molecular weight is 248 g/mol. The Morgan fingerprint density at radius 1 is 1.60 bits per heavy atom. The maximum absolute atomic E-state index is 14.4. The molecule has 1 aliphatic rings. The van der Waals surface area contributed by atoms with E-state index >= 15 is 0 Å². The molecule has 1 nitrogen and oxygen atoms in total. The van der Waals surface area contributed by atoms with Gasteiger partial charge in [0.2, 0.25) is 0 Å². The highest BCUT2D eigenvalue weighted by atomic mass is 35.5. The second-order valence-corrected chi connectivity index (χ2v) is 6.19.